The molecule has 3 heteroatoms. The Kier molecular flexibility index (Phi) is 3.82. The van der Waals surface area contributed by atoms with Crippen molar-refractivity contribution in [2.45, 2.75) is 33.1 Å². The molecule has 1 saturated heterocycles. The van der Waals surface area contributed by atoms with Crippen LogP contribution < -0.4 is 4.90 Å². The number of hydrogen-bond donors (Lipinski definition) is 0. The van der Waals surface area contributed by atoms with Crippen LogP contribution in [0.1, 0.15) is 38.7 Å². The van der Waals surface area contributed by atoms with Crippen LogP contribution in [0, 0.1) is 16.7 Å². The predicted octanol–water partition coefficient (Wildman–Crippen LogP) is 4.23. The largest absolute Gasteiger partial charge is 0.370 e. The SMILES string of the molecule is CCC1(CC)CCN(c2ccc(Cl)cc2C#N)C1. The number of nitrogens with zero attached hydrogens (tertiary/aromatic N) is 2. The molecule has 0 saturated carbocycles. The van der Waals surface area contributed by atoms with E-state index in [0.29, 0.717) is 16.0 Å². The summed E-state index contributed by atoms with van der Waals surface area (Å²) in [7, 11) is 0. The minimum absolute atomic E-state index is 0.423. The third-order valence-corrected chi connectivity index (χ3v) is 4.59. The maximum Gasteiger partial charge on any atom is 0.101 e. The summed E-state index contributed by atoms with van der Waals surface area (Å²) in [4.78, 5) is 2.34. The molecule has 1 aromatic carbocycles. The molecule has 2 nitrogen and oxygen atoms in total. The first-order valence-corrected chi connectivity index (χ1v) is 6.96. The Balaban J connectivity index is 2.27. The molecular weight excluding hydrogens is 244 g/mol. The van der Waals surface area contributed by atoms with Gasteiger partial charge in [-0.3, -0.25) is 0 Å². The van der Waals surface area contributed by atoms with E-state index in [2.05, 4.69) is 24.8 Å². The van der Waals surface area contributed by atoms with Crippen molar-refractivity contribution in [2.24, 2.45) is 5.41 Å². The van der Waals surface area contributed by atoms with Gasteiger partial charge in [0.05, 0.1) is 11.3 Å². The second-order valence-electron chi connectivity index (χ2n) is 5.15. The molecule has 0 radical (unpaired) electrons. The van der Waals surface area contributed by atoms with Crippen molar-refractivity contribution in [2.75, 3.05) is 18.0 Å². The van der Waals surface area contributed by atoms with Crippen molar-refractivity contribution in [1.82, 2.24) is 0 Å². The number of halogens is 1. The average molecular weight is 263 g/mol. The highest BCUT2D eigenvalue weighted by Crippen LogP contribution is 2.40. The van der Waals surface area contributed by atoms with E-state index in [1.165, 1.54) is 19.3 Å². The molecule has 96 valence electrons. The summed E-state index contributed by atoms with van der Waals surface area (Å²) >= 11 is 5.94. The number of hydrogen-bond acceptors (Lipinski definition) is 2. The van der Waals surface area contributed by atoms with Crippen LogP contribution in [0.2, 0.25) is 5.02 Å². The summed E-state index contributed by atoms with van der Waals surface area (Å²) in [6.07, 6.45) is 3.62. The van der Waals surface area contributed by atoms with Gasteiger partial charge in [-0.2, -0.15) is 5.26 Å². The average Bonchev–Trinajstić information content (AvgIpc) is 2.83. The lowest BCUT2D eigenvalue weighted by atomic mass is 9.82. The van der Waals surface area contributed by atoms with Gasteiger partial charge in [-0.05, 0) is 42.9 Å². The Hall–Kier alpha value is -1.20. The molecule has 1 aliphatic rings. The Morgan fingerprint density at radius 2 is 2.11 bits per heavy atom. The van der Waals surface area contributed by atoms with E-state index in [9.17, 15) is 5.26 Å². The van der Waals surface area contributed by atoms with E-state index in [4.69, 9.17) is 11.6 Å². The highest BCUT2D eigenvalue weighted by Gasteiger charge is 2.35. The molecule has 0 spiro atoms. The standard InChI is InChI=1S/C15H19ClN2/c1-3-15(4-2)7-8-18(11-15)14-6-5-13(16)9-12(14)10-17/h5-6,9H,3-4,7-8,11H2,1-2H3. The van der Waals surface area contributed by atoms with E-state index in [-0.39, 0.29) is 0 Å². The summed E-state index contributed by atoms with van der Waals surface area (Å²) in [5.74, 6) is 0. The summed E-state index contributed by atoms with van der Waals surface area (Å²) in [6.45, 7) is 6.62. The number of nitriles is 1. The highest BCUT2D eigenvalue weighted by molar-refractivity contribution is 6.30. The van der Waals surface area contributed by atoms with Crippen LogP contribution in [0.5, 0.6) is 0 Å². The lowest BCUT2D eigenvalue weighted by Crippen LogP contribution is -2.26. The van der Waals surface area contributed by atoms with Crippen molar-refractivity contribution < 1.29 is 0 Å². The van der Waals surface area contributed by atoms with Gasteiger partial charge in [0, 0.05) is 18.1 Å². The van der Waals surface area contributed by atoms with Crippen LogP contribution in [0.15, 0.2) is 18.2 Å². The zero-order valence-corrected chi connectivity index (χ0v) is 11.8. The van der Waals surface area contributed by atoms with E-state index in [1.807, 2.05) is 12.1 Å². The first-order valence-electron chi connectivity index (χ1n) is 6.59. The first kappa shape index (κ1) is 13.2. The fourth-order valence-electron chi connectivity index (χ4n) is 2.84. The monoisotopic (exact) mass is 262 g/mol. The van der Waals surface area contributed by atoms with Gasteiger partial charge >= 0.3 is 0 Å². The van der Waals surface area contributed by atoms with Gasteiger partial charge in [-0.15, -0.1) is 0 Å². The fraction of sp³-hybridized carbons (Fsp3) is 0.533. The molecule has 0 bridgehead atoms. The molecule has 1 fully saturated rings. The molecule has 1 aromatic rings. The van der Waals surface area contributed by atoms with E-state index < -0.39 is 0 Å². The van der Waals surface area contributed by atoms with Gasteiger partial charge in [0.2, 0.25) is 0 Å². The number of rotatable bonds is 3. The van der Waals surface area contributed by atoms with Gasteiger partial charge < -0.3 is 4.90 Å². The Labute approximate surface area is 114 Å². The lowest BCUT2D eigenvalue weighted by molar-refractivity contribution is 0.301. The molecule has 2 rings (SSSR count). The minimum atomic E-state index is 0.423. The molecule has 0 N–H and O–H groups in total. The maximum atomic E-state index is 9.21. The molecule has 18 heavy (non-hydrogen) atoms. The summed E-state index contributed by atoms with van der Waals surface area (Å²) in [5.41, 5.74) is 2.14. The van der Waals surface area contributed by atoms with Crippen LogP contribution >= 0.6 is 11.6 Å². The smallest absolute Gasteiger partial charge is 0.101 e. The maximum absolute atomic E-state index is 9.21. The van der Waals surface area contributed by atoms with Gasteiger partial charge in [0.25, 0.3) is 0 Å². The molecule has 1 aliphatic heterocycles. The third kappa shape index (κ3) is 2.33. The Morgan fingerprint density at radius 3 is 2.67 bits per heavy atom. The summed E-state index contributed by atoms with van der Waals surface area (Å²) in [5, 5.41) is 9.84. The zero-order chi connectivity index (χ0) is 13.2. The third-order valence-electron chi connectivity index (χ3n) is 4.36. The van der Waals surface area contributed by atoms with Crippen molar-refractivity contribution in [3.8, 4) is 6.07 Å². The second-order valence-corrected chi connectivity index (χ2v) is 5.59. The zero-order valence-electron chi connectivity index (χ0n) is 11.0. The Morgan fingerprint density at radius 1 is 1.39 bits per heavy atom. The lowest BCUT2D eigenvalue weighted by Gasteiger charge is -2.27. The summed E-state index contributed by atoms with van der Waals surface area (Å²) < 4.78 is 0. The fourth-order valence-corrected chi connectivity index (χ4v) is 3.01. The van der Waals surface area contributed by atoms with E-state index >= 15 is 0 Å². The van der Waals surface area contributed by atoms with Gasteiger partial charge in [-0.25, -0.2) is 0 Å². The van der Waals surface area contributed by atoms with Gasteiger partial charge in [0.1, 0.15) is 6.07 Å². The molecule has 0 aromatic heterocycles. The normalized spacial score (nSPS) is 17.8. The molecule has 1 heterocycles. The molecule has 0 unspecified atom stereocenters. The van der Waals surface area contributed by atoms with E-state index in [0.717, 1.165) is 18.8 Å². The molecule has 0 atom stereocenters. The van der Waals surface area contributed by atoms with Gasteiger partial charge in [0.15, 0.2) is 0 Å². The summed E-state index contributed by atoms with van der Waals surface area (Å²) in [6, 6.07) is 7.85. The van der Waals surface area contributed by atoms with Gasteiger partial charge in [-0.1, -0.05) is 25.4 Å². The van der Waals surface area contributed by atoms with Crippen LogP contribution in [-0.4, -0.2) is 13.1 Å². The van der Waals surface area contributed by atoms with Crippen LogP contribution in [0.4, 0.5) is 5.69 Å². The number of anilines is 1. The first-order chi connectivity index (χ1) is 8.64. The molecular formula is C15H19ClN2. The van der Waals surface area contributed by atoms with Crippen molar-refractivity contribution in [3.05, 3.63) is 28.8 Å². The van der Waals surface area contributed by atoms with Crippen molar-refractivity contribution in [3.63, 3.8) is 0 Å². The molecule has 0 amide bonds. The minimum Gasteiger partial charge on any atom is -0.370 e. The second kappa shape index (κ2) is 5.20. The quantitative estimate of drug-likeness (QED) is 0.815. The molecule has 0 aliphatic carbocycles. The van der Waals surface area contributed by atoms with Crippen LogP contribution in [0.25, 0.3) is 0 Å². The van der Waals surface area contributed by atoms with Crippen LogP contribution in [-0.2, 0) is 0 Å². The van der Waals surface area contributed by atoms with E-state index in [1.54, 1.807) is 6.07 Å². The predicted molar refractivity (Wildman–Crippen MR) is 76.0 cm³/mol. The number of benzene rings is 1. The van der Waals surface area contributed by atoms with Crippen molar-refractivity contribution in [1.29, 1.82) is 5.26 Å². The topological polar surface area (TPSA) is 27.0 Å². The Bertz CT molecular complexity index is 472. The van der Waals surface area contributed by atoms with Crippen molar-refractivity contribution >= 4 is 17.3 Å². The highest BCUT2D eigenvalue weighted by atomic mass is 35.5. The van der Waals surface area contributed by atoms with Crippen LogP contribution in [0.3, 0.4) is 0 Å².